The molecule has 0 saturated heterocycles. The number of hydrogen-bond donors (Lipinski definition) is 0. The van der Waals surface area contributed by atoms with Crippen LogP contribution in [-0.4, -0.2) is 0 Å². The van der Waals surface area contributed by atoms with Gasteiger partial charge >= 0.3 is 30.0 Å². The molecule has 0 bridgehead atoms. The van der Waals surface area contributed by atoms with Gasteiger partial charge in [0.05, 0.1) is 5.75 Å². The molecule has 60 heavy (non-hydrogen) atoms. The third kappa shape index (κ3) is 16.3. The zero-order chi connectivity index (χ0) is 40.7. The predicted molar refractivity (Wildman–Crippen MR) is 255 cm³/mol. The number of halogens is 4. The Morgan fingerprint density at radius 1 is 0.567 bits per heavy atom. The molecule has 6 aromatic carbocycles. The van der Waals surface area contributed by atoms with Crippen molar-refractivity contribution in [2.75, 3.05) is 0 Å². The molecule has 2 saturated carbocycles. The van der Waals surface area contributed by atoms with Gasteiger partial charge in [-0.3, -0.25) is 0 Å². The number of rotatable bonds is 10. The van der Waals surface area contributed by atoms with Gasteiger partial charge in [-0.15, -0.1) is 12.1 Å². The normalized spacial score (nSPS) is 13.9. The molecule has 0 aromatic heterocycles. The van der Waals surface area contributed by atoms with E-state index in [0.717, 1.165) is 59.8 Å². The molecule has 0 atom stereocenters. The topological polar surface area (TPSA) is 18.5 Å². The van der Waals surface area contributed by atoms with Gasteiger partial charge in [0.25, 0.3) is 0 Å². The van der Waals surface area contributed by atoms with Crippen molar-refractivity contribution in [1.29, 1.82) is 0 Å². The second kappa shape index (κ2) is 25.5. The van der Waals surface area contributed by atoms with E-state index in [9.17, 15) is 8.78 Å². The van der Waals surface area contributed by atoms with Crippen molar-refractivity contribution in [3.63, 3.8) is 0 Å². The third-order valence-corrected chi connectivity index (χ3v) is 10.0. The molecule has 0 aliphatic heterocycles. The van der Waals surface area contributed by atoms with E-state index >= 15 is 0 Å². The maximum absolute atomic E-state index is 14.8. The van der Waals surface area contributed by atoms with Crippen molar-refractivity contribution in [1.82, 2.24) is 0 Å². The summed E-state index contributed by atoms with van der Waals surface area (Å²) in [5.74, 6) is 3.10. The molecule has 0 heterocycles. The molecule has 0 N–H and O–H groups in total. The predicted octanol–water partition coefficient (Wildman–Crippen LogP) is 17.6. The zero-order valence-corrected chi connectivity index (χ0v) is 38.6. The van der Waals surface area contributed by atoms with Crippen molar-refractivity contribution in [2.45, 2.75) is 79.1 Å². The molecule has 0 spiro atoms. The van der Waals surface area contributed by atoms with Crippen molar-refractivity contribution in [3.8, 4) is 23.0 Å². The molecular weight excluding hydrogens is 932 g/mol. The van der Waals surface area contributed by atoms with Crippen LogP contribution in [0, 0.1) is 20.8 Å². The summed E-state index contributed by atoms with van der Waals surface area (Å²) in [6, 6.07) is 51.5. The molecule has 2 fully saturated rings. The molecule has 2 aliphatic carbocycles. The minimum absolute atomic E-state index is 0. The second-order valence-corrected chi connectivity index (χ2v) is 15.1. The van der Waals surface area contributed by atoms with E-state index in [-0.39, 0.29) is 43.7 Å². The first-order valence-corrected chi connectivity index (χ1v) is 26.6. The van der Waals surface area contributed by atoms with E-state index < -0.39 is 0 Å². The van der Waals surface area contributed by atoms with Crippen molar-refractivity contribution in [2.24, 2.45) is 0 Å². The zero-order valence-electron chi connectivity index (χ0n) is 32.4. The summed E-state index contributed by atoms with van der Waals surface area (Å²) in [6.07, 6.45) is 7.92. The Hall–Kier alpha value is -4.29. The molecule has 0 unspecified atom stereocenters. The summed E-state index contributed by atoms with van der Waals surface area (Å²) in [5, 5.41) is 0. The Morgan fingerprint density at radius 3 is 1.38 bits per heavy atom. The van der Waals surface area contributed by atoms with Gasteiger partial charge < -0.3 is 9.47 Å². The first-order valence-electron chi connectivity index (χ1n) is 18.9. The van der Waals surface area contributed by atoms with Gasteiger partial charge in [-0.2, -0.15) is 22.9 Å². The molecule has 2 aliphatic rings. The molecule has 0 radical (unpaired) electrons. The molecule has 8 rings (SSSR count). The number of aryl methyl sites for hydroxylation is 2. The molecule has 2 nitrogen and oxygen atoms in total. The van der Waals surface area contributed by atoms with Crippen LogP contribution in [0.2, 0.25) is 0 Å². The van der Waals surface area contributed by atoms with Gasteiger partial charge in [0, 0.05) is 17.3 Å². The van der Waals surface area contributed by atoms with Gasteiger partial charge in [-0.05, 0) is 127 Å². The average Bonchev–Trinajstić information content (AvgIpc) is 4.15. The first-order chi connectivity index (χ1) is 27.6. The Bertz CT molecular complexity index is 2190. The standard InChI is InChI=1S/C25H23FO.C13H11O.C12H12BrF.3CH4.BrH.Zn/c1-19-10-12-21(13-11-19)25(14-15-25)18-22(26)16-20-6-5-9-24(17-20)27-23-7-3-2-4-8-23;1-11-6-5-9-13(10-11)14-12-7-3-2-4-8-12;1-9-2-4-10(5-3-9)12(6-7-12)8-11(13)14;;;;;/h2-13,17-18H,14-16H2,1H3;2-10H,1H2;2-5,8H,6-7H2,1H3;3*1H4;1H;/q;-1;;;;;;+2/p-1/b22-18-;;;;;;;. The van der Waals surface area contributed by atoms with Crippen LogP contribution in [0.25, 0.3) is 0 Å². The van der Waals surface area contributed by atoms with Crippen LogP contribution in [0.15, 0.2) is 180 Å². The monoisotopic (exact) mass is 986 g/mol. The van der Waals surface area contributed by atoms with Crippen LogP contribution in [0.3, 0.4) is 0 Å². The third-order valence-electron chi connectivity index (χ3n) is 9.78. The fourth-order valence-electron chi connectivity index (χ4n) is 6.40. The molecule has 312 valence electrons. The van der Waals surface area contributed by atoms with Crippen LogP contribution in [0.1, 0.15) is 81.3 Å². The fraction of sp³-hybridized carbons (Fsp3) is 0.226. The Kier molecular flexibility index (Phi) is 22.0. The summed E-state index contributed by atoms with van der Waals surface area (Å²) in [4.78, 5) is 0. The first kappa shape index (κ1) is 51.9. The van der Waals surface area contributed by atoms with E-state index in [1.165, 1.54) is 38.6 Å². The fourth-order valence-corrected chi connectivity index (χ4v) is 6.84. The van der Waals surface area contributed by atoms with Crippen LogP contribution in [0.4, 0.5) is 8.78 Å². The van der Waals surface area contributed by atoms with Gasteiger partial charge in [0.1, 0.15) is 23.1 Å². The Morgan fingerprint density at radius 2 is 0.967 bits per heavy atom. The summed E-state index contributed by atoms with van der Waals surface area (Å²) >= 11 is 7.11. The van der Waals surface area contributed by atoms with Gasteiger partial charge in [-0.1, -0.05) is 130 Å². The molecule has 0 amide bonds. The van der Waals surface area contributed by atoms with Crippen LogP contribution in [0.5, 0.6) is 23.0 Å². The number of para-hydroxylation sites is 2. The average molecular weight is 990 g/mol. The second-order valence-electron chi connectivity index (χ2n) is 14.4. The minimum atomic E-state index is -0.254. The van der Waals surface area contributed by atoms with E-state index in [2.05, 4.69) is 98.9 Å². The van der Waals surface area contributed by atoms with Crippen LogP contribution in [-0.2, 0) is 33.6 Å². The van der Waals surface area contributed by atoms with Gasteiger partial charge in [0.2, 0.25) is 0 Å². The summed E-state index contributed by atoms with van der Waals surface area (Å²) in [6.45, 7) is 7.98. The molecule has 6 aromatic rings. The van der Waals surface area contributed by atoms with Crippen molar-refractivity contribution < 1.29 is 34.6 Å². The summed E-state index contributed by atoms with van der Waals surface area (Å²) in [7, 11) is 0. The van der Waals surface area contributed by atoms with E-state index in [0.29, 0.717) is 6.42 Å². The van der Waals surface area contributed by atoms with Crippen molar-refractivity contribution >= 4 is 29.6 Å². The SMILES string of the molecule is C.C.C.Cc1ccc(C2(/C=C(\F)Cc3cccc(Oc4ccccc4)c3)CC2)cc1.Cc1ccc(C2(C=C(F)Br)CC2)cc1.[CH2-]c1cccc(Oc2ccccc2)c1.[Zn+][Br]. The Balaban J connectivity index is 0.000000321. The number of hydrogen-bond acceptors (Lipinski definition) is 2. The maximum atomic E-state index is 14.8. The summed E-state index contributed by atoms with van der Waals surface area (Å²) in [5.41, 5.74) is 6.64. The van der Waals surface area contributed by atoms with Gasteiger partial charge in [-0.25, -0.2) is 4.39 Å². The van der Waals surface area contributed by atoms with Crippen molar-refractivity contribution in [3.05, 3.63) is 221 Å². The van der Waals surface area contributed by atoms with E-state index in [1.54, 1.807) is 6.08 Å². The van der Waals surface area contributed by atoms with Gasteiger partial charge in [0.15, 0.2) is 4.74 Å². The van der Waals surface area contributed by atoms with E-state index in [4.69, 9.17) is 9.47 Å². The quantitative estimate of drug-likeness (QED) is 0.101. The molecule has 7 heteroatoms. The van der Waals surface area contributed by atoms with Crippen LogP contribution < -0.4 is 9.47 Å². The Labute approximate surface area is 384 Å². The van der Waals surface area contributed by atoms with Crippen LogP contribution >= 0.6 is 29.6 Å². The van der Waals surface area contributed by atoms with E-state index in [1.807, 2.05) is 115 Å². The molecular formula is C53H58Br2F2O2Zn. The summed E-state index contributed by atoms with van der Waals surface area (Å²) < 4.78 is 38.8. The number of ether oxygens (including phenoxy) is 2. The number of allylic oxidation sites excluding steroid dienone is 3. The number of benzene rings is 6.